The summed E-state index contributed by atoms with van der Waals surface area (Å²) >= 11 is 5.96. The Balaban J connectivity index is 1.56. The predicted octanol–water partition coefficient (Wildman–Crippen LogP) is 2.95. The normalized spacial score (nSPS) is 19.8. The summed E-state index contributed by atoms with van der Waals surface area (Å²) in [5.41, 5.74) is -0.596. The van der Waals surface area contributed by atoms with Gasteiger partial charge in [-0.1, -0.05) is 28.9 Å². The number of amides is 3. The third-order valence-electron chi connectivity index (χ3n) is 4.13. The summed E-state index contributed by atoms with van der Waals surface area (Å²) in [4.78, 5) is 30.2. The van der Waals surface area contributed by atoms with Crippen molar-refractivity contribution in [3.05, 3.63) is 59.3 Å². The second-order valence-electron chi connectivity index (χ2n) is 5.95. The molecule has 1 N–H and O–H groups in total. The minimum absolute atomic E-state index is 0.132. The van der Waals surface area contributed by atoms with Gasteiger partial charge in [-0.15, -0.1) is 0 Å². The molecule has 1 fully saturated rings. The first-order valence-corrected chi connectivity index (χ1v) is 8.12. The first-order chi connectivity index (χ1) is 12.5. The summed E-state index contributed by atoms with van der Waals surface area (Å²) in [5, 5.41) is 7.05. The molecule has 2 aromatic heterocycles. The predicted molar refractivity (Wildman–Crippen MR) is 89.9 cm³/mol. The fraction of sp³-hybridized carbons (Fsp3) is 0.176. The molecular formula is C17H13ClN4O4. The topological polar surface area (TPSA) is 101 Å². The smallest absolute Gasteiger partial charge is 0.325 e. The molecule has 0 radical (unpaired) electrons. The average Bonchev–Trinajstić information content (AvgIpc) is 3.34. The molecule has 0 spiro atoms. The van der Waals surface area contributed by atoms with E-state index >= 15 is 0 Å². The van der Waals surface area contributed by atoms with E-state index < -0.39 is 17.5 Å². The lowest BCUT2D eigenvalue weighted by atomic mass is 9.99. The van der Waals surface area contributed by atoms with Gasteiger partial charge in [0.25, 0.3) is 5.91 Å². The highest BCUT2D eigenvalue weighted by molar-refractivity contribution is 6.30. The molecule has 1 atom stereocenters. The molecular weight excluding hydrogens is 360 g/mol. The summed E-state index contributed by atoms with van der Waals surface area (Å²) in [7, 11) is 0. The summed E-state index contributed by atoms with van der Waals surface area (Å²) < 4.78 is 10.5. The van der Waals surface area contributed by atoms with Crippen molar-refractivity contribution >= 4 is 23.5 Å². The van der Waals surface area contributed by atoms with E-state index in [0.29, 0.717) is 22.2 Å². The number of carbonyl (C=O) groups excluding carboxylic acids is 2. The molecule has 8 nitrogen and oxygen atoms in total. The van der Waals surface area contributed by atoms with E-state index in [1.54, 1.807) is 43.3 Å². The maximum absolute atomic E-state index is 12.7. The van der Waals surface area contributed by atoms with E-state index in [0.717, 1.165) is 4.90 Å². The van der Waals surface area contributed by atoms with E-state index in [4.69, 9.17) is 20.5 Å². The number of hydrogen-bond donors (Lipinski definition) is 1. The van der Waals surface area contributed by atoms with Crippen LogP contribution in [0.25, 0.3) is 11.4 Å². The third kappa shape index (κ3) is 2.64. The first kappa shape index (κ1) is 16.3. The summed E-state index contributed by atoms with van der Waals surface area (Å²) in [6.07, 6.45) is 1.44. The maximum atomic E-state index is 12.7. The summed E-state index contributed by atoms with van der Waals surface area (Å²) in [5.74, 6) is 0.346. The summed E-state index contributed by atoms with van der Waals surface area (Å²) in [6, 6.07) is 9.69. The number of benzene rings is 1. The molecule has 0 saturated carbocycles. The van der Waals surface area contributed by atoms with Crippen LogP contribution in [0.1, 0.15) is 18.6 Å². The second kappa shape index (κ2) is 5.99. The van der Waals surface area contributed by atoms with Crippen LogP contribution < -0.4 is 5.32 Å². The van der Waals surface area contributed by atoms with E-state index in [1.165, 1.54) is 6.26 Å². The van der Waals surface area contributed by atoms with Crippen molar-refractivity contribution in [2.45, 2.75) is 19.0 Å². The number of furan rings is 1. The van der Waals surface area contributed by atoms with Crippen molar-refractivity contribution in [3.63, 3.8) is 0 Å². The molecule has 26 heavy (non-hydrogen) atoms. The monoisotopic (exact) mass is 372 g/mol. The zero-order chi connectivity index (χ0) is 18.3. The van der Waals surface area contributed by atoms with E-state index in [2.05, 4.69) is 15.5 Å². The molecule has 1 aliphatic rings. The zero-order valence-corrected chi connectivity index (χ0v) is 14.4. The van der Waals surface area contributed by atoms with Crippen LogP contribution in [0.2, 0.25) is 5.02 Å². The van der Waals surface area contributed by atoms with Gasteiger partial charge in [0, 0.05) is 10.6 Å². The minimum atomic E-state index is -1.27. The summed E-state index contributed by atoms with van der Waals surface area (Å²) in [6.45, 7) is 1.44. The minimum Gasteiger partial charge on any atom is -0.466 e. The van der Waals surface area contributed by atoms with Gasteiger partial charge in [-0.05, 0) is 31.2 Å². The van der Waals surface area contributed by atoms with Crippen molar-refractivity contribution in [1.29, 1.82) is 0 Å². The number of rotatable bonds is 4. The number of nitrogens with one attached hydrogen (secondary N) is 1. The molecule has 0 aliphatic carbocycles. The quantitative estimate of drug-likeness (QED) is 0.706. The third-order valence-corrected chi connectivity index (χ3v) is 4.37. The second-order valence-corrected chi connectivity index (χ2v) is 6.38. The van der Waals surface area contributed by atoms with Crippen LogP contribution in [-0.2, 0) is 16.9 Å². The largest absolute Gasteiger partial charge is 0.466 e. The molecule has 132 valence electrons. The van der Waals surface area contributed by atoms with Gasteiger partial charge >= 0.3 is 6.03 Å². The Labute approximate surface area is 152 Å². The van der Waals surface area contributed by atoms with Crippen molar-refractivity contribution in [2.75, 3.05) is 0 Å². The van der Waals surface area contributed by atoms with Crippen molar-refractivity contribution in [1.82, 2.24) is 20.4 Å². The molecule has 1 aromatic carbocycles. The molecule has 1 aliphatic heterocycles. The van der Waals surface area contributed by atoms with Crippen molar-refractivity contribution in [3.8, 4) is 11.4 Å². The van der Waals surface area contributed by atoms with Crippen LogP contribution in [0.4, 0.5) is 4.79 Å². The number of hydrogen-bond acceptors (Lipinski definition) is 6. The molecule has 1 unspecified atom stereocenters. The van der Waals surface area contributed by atoms with Gasteiger partial charge in [0.05, 0.1) is 6.26 Å². The van der Waals surface area contributed by atoms with Gasteiger partial charge in [-0.3, -0.25) is 9.69 Å². The number of nitrogens with zero attached hydrogens (tertiary/aromatic N) is 3. The van der Waals surface area contributed by atoms with Crippen molar-refractivity contribution in [2.24, 2.45) is 0 Å². The number of aromatic nitrogens is 2. The number of urea groups is 1. The van der Waals surface area contributed by atoms with Crippen LogP contribution in [0.3, 0.4) is 0 Å². The highest BCUT2D eigenvalue weighted by Gasteiger charge is 2.51. The molecule has 3 aromatic rings. The van der Waals surface area contributed by atoms with Crippen LogP contribution >= 0.6 is 11.6 Å². The molecule has 4 rings (SSSR count). The van der Waals surface area contributed by atoms with Gasteiger partial charge in [-0.25, -0.2) is 4.79 Å². The highest BCUT2D eigenvalue weighted by atomic mass is 35.5. The van der Waals surface area contributed by atoms with Crippen molar-refractivity contribution < 1.29 is 18.5 Å². The molecule has 3 amide bonds. The lowest BCUT2D eigenvalue weighted by Gasteiger charge is -2.18. The average molecular weight is 373 g/mol. The Bertz CT molecular complexity index is 984. The highest BCUT2D eigenvalue weighted by Crippen LogP contribution is 2.30. The first-order valence-electron chi connectivity index (χ1n) is 7.74. The van der Waals surface area contributed by atoms with E-state index in [1.807, 2.05) is 0 Å². The standard InChI is InChI=1S/C17H13ClN4O4/c1-17(12-6-3-7-25-12)15(23)22(16(24)20-17)9-13-19-14(21-26-13)10-4-2-5-11(18)8-10/h2-8H,9H2,1H3,(H,20,24). The Kier molecular flexibility index (Phi) is 3.77. The Morgan fingerprint density at radius 3 is 2.85 bits per heavy atom. The Morgan fingerprint density at radius 2 is 2.12 bits per heavy atom. The van der Waals surface area contributed by atoms with Gasteiger partial charge in [0.2, 0.25) is 11.7 Å². The van der Waals surface area contributed by atoms with E-state index in [-0.39, 0.29) is 12.4 Å². The Hall–Kier alpha value is -3.13. The van der Waals surface area contributed by atoms with Crippen LogP contribution in [0.15, 0.2) is 51.6 Å². The van der Waals surface area contributed by atoms with Crippen LogP contribution in [0.5, 0.6) is 0 Å². The molecule has 9 heteroatoms. The zero-order valence-electron chi connectivity index (χ0n) is 13.6. The molecule has 1 saturated heterocycles. The van der Waals surface area contributed by atoms with Gasteiger partial charge < -0.3 is 14.3 Å². The lowest BCUT2D eigenvalue weighted by molar-refractivity contribution is -0.132. The van der Waals surface area contributed by atoms with Crippen LogP contribution in [0, 0.1) is 0 Å². The number of halogens is 1. The maximum Gasteiger partial charge on any atom is 0.325 e. The fourth-order valence-electron chi connectivity index (χ4n) is 2.77. The van der Waals surface area contributed by atoms with Crippen LogP contribution in [-0.4, -0.2) is 27.0 Å². The number of carbonyl (C=O) groups is 2. The SMILES string of the molecule is CC1(c2ccco2)NC(=O)N(Cc2nc(-c3cccc(Cl)c3)no2)C1=O. The Morgan fingerprint density at radius 1 is 1.27 bits per heavy atom. The molecule has 0 bridgehead atoms. The van der Waals surface area contributed by atoms with Gasteiger partial charge in [0.15, 0.2) is 5.54 Å². The fourth-order valence-corrected chi connectivity index (χ4v) is 2.96. The number of imide groups is 1. The van der Waals surface area contributed by atoms with E-state index in [9.17, 15) is 9.59 Å². The molecule has 3 heterocycles. The van der Waals surface area contributed by atoms with Gasteiger partial charge in [-0.2, -0.15) is 4.98 Å². The van der Waals surface area contributed by atoms with Gasteiger partial charge in [0.1, 0.15) is 12.3 Å². The lowest BCUT2D eigenvalue weighted by Crippen LogP contribution is -2.40.